The molecule has 0 unspecified atom stereocenters. The number of hydrogen-bond acceptors (Lipinski definition) is 5. The van der Waals surface area contributed by atoms with Crippen molar-refractivity contribution in [3.05, 3.63) is 54.1 Å². The topological polar surface area (TPSA) is 84.9 Å². The Kier molecular flexibility index (Phi) is 6.46. The van der Waals surface area contributed by atoms with E-state index < -0.39 is 10.0 Å². The molecule has 0 spiro atoms. The molecule has 0 heterocycles. The summed E-state index contributed by atoms with van der Waals surface area (Å²) in [4.78, 5) is 12.2. The van der Waals surface area contributed by atoms with Gasteiger partial charge >= 0.3 is 0 Å². The number of hydrogen-bond donors (Lipinski definition) is 1. The van der Waals surface area contributed by atoms with Crippen LogP contribution in [0.5, 0.6) is 11.5 Å². The number of methoxy groups -OCH3 is 2. The van der Waals surface area contributed by atoms with Gasteiger partial charge in [-0.2, -0.15) is 0 Å². The van der Waals surface area contributed by atoms with Gasteiger partial charge in [0.25, 0.3) is 5.91 Å². The number of anilines is 1. The molecule has 2 aromatic carbocycles. The van der Waals surface area contributed by atoms with Gasteiger partial charge in [-0.1, -0.05) is 12.1 Å². The van der Waals surface area contributed by atoms with Crippen LogP contribution in [0.15, 0.2) is 48.5 Å². The summed E-state index contributed by atoms with van der Waals surface area (Å²) in [5.74, 6) is 0.825. The molecule has 7 nitrogen and oxygen atoms in total. The molecule has 0 aliphatic rings. The molecule has 0 bridgehead atoms. The highest BCUT2D eigenvalue weighted by Crippen LogP contribution is 2.22. The maximum atomic E-state index is 12.2. The molecular formula is C18H22N2O5S. The van der Waals surface area contributed by atoms with Gasteiger partial charge in [0, 0.05) is 18.2 Å². The quantitative estimate of drug-likeness (QED) is 0.758. The van der Waals surface area contributed by atoms with Crippen molar-refractivity contribution in [2.45, 2.75) is 0 Å². The molecule has 0 aliphatic heterocycles. The second-order valence-electron chi connectivity index (χ2n) is 5.52. The van der Waals surface area contributed by atoms with Crippen LogP contribution < -0.4 is 19.1 Å². The van der Waals surface area contributed by atoms with Crippen LogP contribution in [0.2, 0.25) is 0 Å². The normalized spacial score (nSPS) is 10.9. The molecule has 0 fully saturated rings. The van der Waals surface area contributed by atoms with Crippen LogP contribution in [0, 0.1) is 0 Å². The Labute approximate surface area is 153 Å². The average molecular weight is 378 g/mol. The minimum Gasteiger partial charge on any atom is -0.497 e. The minimum absolute atomic E-state index is 0.0989. The summed E-state index contributed by atoms with van der Waals surface area (Å²) in [6.45, 7) is 0.252. The van der Waals surface area contributed by atoms with Crippen LogP contribution in [0.3, 0.4) is 0 Å². The second-order valence-corrected chi connectivity index (χ2v) is 7.43. The number of carbonyl (C=O) groups is 1. The van der Waals surface area contributed by atoms with E-state index in [1.165, 1.54) is 18.5 Å². The number of amides is 1. The summed E-state index contributed by atoms with van der Waals surface area (Å²) in [6.07, 6.45) is 1.12. The highest BCUT2D eigenvalue weighted by molar-refractivity contribution is 7.92. The Hall–Kier alpha value is -2.74. The molecule has 26 heavy (non-hydrogen) atoms. The lowest BCUT2D eigenvalue weighted by atomic mass is 10.2. The van der Waals surface area contributed by atoms with Gasteiger partial charge < -0.3 is 14.8 Å². The number of rotatable bonds is 8. The van der Waals surface area contributed by atoms with Gasteiger partial charge in [0.2, 0.25) is 10.0 Å². The van der Waals surface area contributed by atoms with E-state index in [4.69, 9.17) is 9.47 Å². The molecule has 2 rings (SSSR count). The number of carbonyl (C=O) groups excluding carboxylic acids is 1. The van der Waals surface area contributed by atoms with E-state index in [0.29, 0.717) is 22.7 Å². The molecule has 0 saturated heterocycles. The number of sulfonamides is 1. The number of benzene rings is 2. The molecular weight excluding hydrogens is 356 g/mol. The van der Waals surface area contributed by atoms with Crippen molar-refractivity contribution in [1.29, 1.82) is 0 Å². The van der Waals surface area contributed by atoms with E-state index in [2.05, 4.69) is 5.32 Å². The van der Waals surface area contributed by atoms with E-state index >= 15 is 0 Å². The van der Waals surface area contributed by atoms with Gasteiger partial charge in [-0.3, -0.25) is 9.10 Å². The number of nitrogens with zero attached hydrogens (tertiary/aromatic N) is 1. The van der Waals surface area contributed by atoms with Gasteiger partial charge in [-0.15, -0.1) is 0 Å². The fraction of sp³-hybridized carbons (Fsp3) is 0.278. The van der Waals surface area contributed by atoms with E-state index in [1.807, 2.05) is 0 Å². The third kappa shape index (κ3) is 5.13. The van der Waals surface area contributed by atoms with Crippen LogP contribution in [0.1, 0.15) is 10.4 Å². The van der Waals surface area contributed by atoms with Crippen LogP contribution in [0.25, 0.3) is 0 Å². The van der Waals surface area contributed by atoms with Gasteiger partial charge in [-0.25, -0.2) is 8.42 Å². The Morgan fingerprint density at radius 3 is 2.27 bits per heavy atom. The Morgan fingerprint density at radius 1 is 1.04 bits per heavy atom. The second kappa shape index (κ2) is 8.57. The first-order chi connectivity index (χ1) is 12.3. The zero-order valence-electron chi connectivity index (χ0n) is 14.9. The molecule has 0 aromatic heterocycles. The van der Waals surface area contributed by atoms with E-state index in [0.717, 1.165) is 6.26 Å². The van der Waals surface area contributed by atoms with Crippen molar-refractivity contribution in [3.63, 3.8) is 0 Å². The van der Waals surface area contributed by atoms with E-state index in [1.54, 1.807) is 48.5 Å². The van der Waals surface area contributed by atoms with Crippen LogP contribution in [0.4, 0.5) is 5.69 Å². The fourth-order valence-corrected chi connectivity index (χ4v) is 3.31. The van der Waals surface area contributed by atoms with Gasteiger partial charge in [0.15, 0.2) is 0 Å². The summed E-state index contributed by atoms with van der Waals surface area (Å²) in [6, 6.07) is 13.5. The Balaban J connectivity index is 2.07. The SMILES string of the molecule is COc1cccc(C(=O)NCCN(c2cccc(OC)c2)S(C)(=O)=O)c1. The van der Waals surface area contributed by atoms with Crippen molar-refractivity contribution in [2.24, 2.45) is 0 Å². The molecule has 0 radical (unpaired) electrons. The average Bonchev–Trinajstić information content (AvgIpc) is 2.64. The van der Waals surface area contributed by atoms with Crippen LogP contribution >= 0.6 is 0 Å². The third-order valence-corrected chi connectivity index (χ3v) is 4.87. The van der Waals surface area contributed by atoms with Crippen LogP contribution in [-0.2, 0) is 10.0 Å². The van der Waals surface area contributed by atoms with Gasteiger partial charge in [0.1, 0.15) is 11.5 Å². The lowest BCUT2D eigenvalue weighted by Crippen LogP contribution is -2.38. The summed E-state index contributed by atoms with van der Waals surface area (Å²) in [5, 5.41) is 2.72. The number of nitrogens with one attached hydrogen (secondary N) is 1. The van der Waals surface area contributed by atoms with Crippen molar-refractivity contribution < 1.29 is 22.7 Å². The molecule has 1 amide bonds. The zero-order valence-corrected chi connectivity index (χ0v) is 15.7. The molecule has 8 heteroatoms. The van der Waals surface area contributed by atoms with Gasteiger partial charge in [-0.05, 0) is 30.3 Å². The molecule has 2 aromatic rings. The standard InChI is InChI=1S/C18H22N2O5S/c1-24-16-8-4-6-14(12-16)18(21)19-10-11-20(26(3,22)23)15-7-5-9-17(13-15)25-2/h4-9,12-13H,10-11H2,1-3H3,(H,19,21). The zero-order chi connectivity index (χ0) is 19.2. The van der Waals surface area contributed by atoms with Crippen LogP contribution in [-0.4, -0.2) is 47.9 Å². The minimum atomic E-state index is -3.51. The van der Waals surface area contributed by atoms with Crippen molar-refractivity contribution in [2.75, 3.05) is 37.9 Å². The monoisotopic (exact) mass is 378 g/mol. The summed E-state index contributed by atoms with van der Waals surface area (Å²) in [5.41, 5.74) is 0.916. The van der Waals surface area contributed by atoms with E-state index in [-0.39, 0.29) is 19.0 Å². The fourth-order valence-electron chi connectivity index (χ4n) is 2.39. The maximum Gasteiger partial charge on any atom is 0.251 e. The molecule has 0 aliphatic carbocycles. The maximum absolute atomic E-state index is 12.2. The lowest BCUT2D eigenvalue weighted by Gasteiger charge is -2.23. The first kappa shape index (κ1) is 19.6. The highest BCUT2D eigenvalue weighted by Gasteiger charge is 2.18. The van der Waals surface area contributed by atoms with Gasteiger partial charge in [0.05, 0.1) is 32.7 Å². The molecule has 140 valence electrons. The summed E-state index contributed by atoms with van der Waals surface area (Å²) >= 11 is 0. The molecule has 0 atom stereocenters. The summed E-state index contributed by atoms with van der Waals surface area (Å²) < 4.78 is 35.7. The van der Waals surface area contributed by atoms with Crippen molar-refractivity contribution in [1.82, 2.24) is 5.32 Å². The molecule has 0 saturated carbocycles. The largest absolute Gasteiger partial charge is 0.497 e. The smallest absolute Gasteiger partial charge is 0.251 e. The number of ether oxygens (including phenoxy) is 2. The summed E-state index contributed by atoms with van der Waals surface area (Å²) in [7, 11) is -0.475. The highest BCUT2D eigenvalue weighted by atomic mass is 32.2. The first-order valence-electron chi connectivity index (χ1n) is 7.89. The Morgan fingerprint density at radius 2 is 1.65 bits per heavy atom. The lowest BCUT2D eigenvalue weighted by molar-refractivity contribution is 0.0954. The van der Waals surface area contributed by atoms with E-state index in [9.17, 15) is 13.2 Å². The first-order valence-corrected chi connectivity index (χ1v) is 9.74. The predicted octanol–water partition coefficient (Wildman–Crippen LogP) is 1.90. The molecule has 1 N–H and O–H groups in total. The van der Waals surface area contributed by atoms with Crippen molar-refractivity contribution >= 4 is 21.6 Å². The third-order valence-electron chi connectivity index (χ3n) is 3.67. The predicted molar refractivity (Wildman–Crippen MR) is 101 cm³/mol. The Bertz CT molecular complexity index is 867. The van der Waals surface area contributed by atoms with Crippen molar-refractivity contribution in [3.8, 4) is 11.5 Å².